The number of nitrogens with one attached hydrogen (secondary N) is 1. The maximum absolute atomic E-state index is 14.4. The molecule has 4 rings (SSSR count). The average Bonchev–Trinajstić information content (AvgIpc) is 3.32. The fourth-order valence-electron chi connectivity index (χ4n) is 3.71. The highest BCUT2D eigenvalue weighted by atomic mass is 32.2. The van der Waals surface area contributed by atoms with Crippen LogP contribution >= 0.6 is 0 Å². The van der Waals surface area contributed by atoms with Gasteiger partial charge in [0.2, 0.25) is 10.0 Å². The number of halogens is 1. The molecular weight excluding hydrogens is 431 g/mol. The summed E-state index contributed by atoms with van der Waals surface area (Å²) in [5.74, 6) is -0.251. The van der Waals surface area contributed by atoms with Gasteiger partial charge in [-0.2, -0.15) is 4.31 Å². The number of hydrogen-bond acceptors (Lipinski definition) is 4. The molecule has 0 aliphatic carbocycles. The summed E-state index contributed by atoms with van der Waals surface area (Å²) in [5, 5.41) is 2.74. The zero-order valence-corrected chi connectivity index (χ0v) is 18.6. The molecule has 0 saturated carbocycles. The van der Waals surface area contributed by atoms with Crippen LogP contribution in [0.4, 0.5) is 4.39 Å². The van der Waals surface area contributed by atoms with E-state index in [0.29, 0.717) is 35.8 Å². The van der Waals surface area contributed by atoms with Crippen LogP contribution in [0.3, 0.4) is 0 Å². The molecule has 3 aromatic rings. The minimum absolute atomic E-state index is 0.145. The number of nitrogens with zero attached hydrogens (tertiary/aromatic N) is 3. The van der Waals surface area contributed by atoms with E-state index in [4.69, 9.17) is 0 Å². The molecular formula is C23H25FN4O3S. The Kier molecular flexibility index (Phi) is 6.38. The number of carbonyl (C=O) groups is 1. The lowest BCUT2D eigenvalue weighted by Crippen LogP contribution is -2.37. The minimum Gasteiger partial charge on any atom is -0.348 e. The second-order valence-electron chi connectivity index (χ2n) is 8.05. The number of sulfonamides is 1. The molecule has 2 aromatic carbocycles. The van der Waals surface area contributed by atoms with Crippen molar-refractivity contribution in [1.29, 1.82) is 0 Å². The molecule has 7 nitrogen and oxygen atoms in total. The van der Waals surface area contributed by atoms with Gasteiger partial charge in [-0.05, 0) is 60.7 Å². The van der Waals surface area contributed by atoms with Gasteiger partial charge in [-0.3, -0.25) is 4.79 Å². The number of amides is 1. The lowest BCUT2D eigenvalue weighted by molar-refractivity contribution is 0.0950. The first-order valence-corrected chi connectivity index (χ1v) is 11.9. The van der Waals surface area contributed by atoms with E-state index in [1.807, 2.05) is 0 Å². The molecule has 0 bridgehead atoms. The van der Waals surface area contributed by atoms with E-state index in [0.717, 1.165) is 12.8 Å². The fraction of sp³-hybridized carbons (Fsp3) is 0.304. The van der Waals surface area contributed by atoms with Crippen molar-refractivity contribution in [2.45, 2.75) is 31.2 Å². The largest absolute Gasteiger partial charge is 0.348 e. The Morgan fingerprint density at radius 1 is 1.16 bits per heavy atom. The Hall–Kier alpha value is -3.04. The zero-order chi connectivity index (χ0) is 22.7. The summed E-state index contributed by atoms with van der Waals surface area (Å²) in [7, 11) is -3.56. The van der Waals surface area contributed by atoms with E-state index in [9.17, 15) is 17.6 Å². The molecule has 1 aromatic heterocycles. The minimum atomic E-state index is -3.56. The van der Waals surface area contributed by atoms with Crippen LogP contribution in [0.5, 0.6) is 0 Å². The third-order valence-electron chi connectivity index (χ3n) is 5.74. The van der Waals surface area contributed by atoms with Crippen molar-refractivity contribution in [1.82, 2.24) is 19.2 Å². The maximum Gasteiger partial charge on any atom is 0.251 e. The lowest BCUT2D eigenvalue weighted by atomic mass is 10.0. The highest BCUT2D eigenvalue weighted by molar-refractivity contribution is 7.89. The van der Waals surface area contributed by atoms with Gasteiger partial charge in [0.15, 0.2) is 0 Å². The molecule has 0 radical (unpaired) electrons. The van der Waals surface area contributed by atoms with Crippen molar-refractivity contribution in [3.63, 3.8) is 0 Å². The molecule has 1 aliphatic heterocycles. The Bertz CT molecular complexity index is 1190. The summed E-state index contributed by atoms with van der Waals surface area (Å²) >= 11 is 0. The van der Waals surface area contributed by atoms with E-state index in [2.05, 4.69) is 17.2 Å². The van der Waals surface area contributed by atoms with Gasteiger partial charge in [0.05, 0.1) is 16.9 Å². The van der Waals surface area contributed by atoms with Crippen LogP contribution < -0.4 is 5.32 Å². The van der Waals surface area contributed by atoms with Crippen LogP contribution in [0.15, 0.2) is 66.1 Å². The van der Waals surface area contributed by atoms with Gasteiger partial charge in [-0.25, -0.2) is 17.8 Å². The second-order valence-corrected chi connectivity index (χ2v) is 9.99. The van der Waals surface area contributed by atoms with Gasteiger partial charge in [0.25, 0.3) is 5.91 Å². The van der Waals surface area contributed by atoms with Gasteiger partial charge in [-0.15, -0.1) is 0 Å². The predicted molar refractivity (Wildman–Crippen MR) is 118 cm³/mol. The molecule has 0 unspecified atom stereocenters. The molecule has 0 atom stereocenters. The molecule has 1 aliphatic rings. The van der Waals surface area contributed by atoms with Crippen molar-refractivity contribution in [2.75, 3.05) is 13.1 Å². The van der Waals surface area contributed by atoms with Gasteiger partial charge in [0, 0.05) is 37.6 Å². The molecule has 32 heavy (non-hydrogen) atoms. The summed E-state index contributed by atoms with van der Waals surface area (Å²) in [5.41, 5.74) is 1.32. The summed E-state index contributed by atoms with van der Waals surface area (Å²) in [6, 6.07) is 10.6. The molecule has 0 spiro atoms. The maximum atomic E-state index is 14.4. The van der Waals surface area contributed by atoms with Crippen LogP contribution in [0.1, 0.15) is 35.7 Å². The highest BCUT2D eigenvalue weighted by Gasteiger charge is 2.28. The Balaban J connectivity index is 1.38. The van der Waals surface area contributed by atoms with Gasteiger partial charge in [0.1, 0.15) is 5.82 Å². The molecule has 2 heterocycles. The zero-order valence-electron chi connectivity index (χ0n) is 17.7. The first-order valence-electron chi connectivity index (χ1n) is 10.5. The number of rotatable bonds is 6. The van der Waals surface area contributed by atoms with E-state index in [-0.39, 0.29) is 17.3 Å². The van der Waals surface area contributed by atoms with Crippen molar-refractivity contribution in [2.24, 2.45) is 5.92 Å². The number of aromatic nitrogens is 2. The molecule has 1 saturated heterocycles. The molecule has 1 fully saturated rings. The second kappa shape index (κ2) is 9.22. The van der Waals surface area contributed by atoms with Gasteiger partial charge in [-0.1, -0.05) is 13.0 Å². The number of hydrogen-bond donors (Lipinski definition) is 1. The normalized spacial score (nSPS) is 15.6. The molecule has 1 N–H and O–H groups in total. The van der Waals surface area contributed by atoms with Crippen molar-refractivity contribution in [3.05, 3.63) is 78.1 Å². The van der Waals surface area contributed by atoms with Crippen LogP contribution in [0.25, 0.3) is 5.69 Å². The van der Waals surface area contributed by atoms with Gasteiger partial charge >= 0.3 is 0 Å². The van der Waals surface area contributed by atoms with Gasteiger partial charge < -0.3 is 9.88 Å². The first-order chi connectivity index (χ1) is 15.3. The Morgan fingerprint density at radius 3 is 2.50 bits per heavy atom. The van der Waals surface area contributed by atoms with Crippen molar-refractivity contribution in [3.8, 4) is 5.69 Å². The molecule has 168 valence electrons. The lowest BCUT2D eigenvalue weighted by Gasteiger charge is -2.29. The molecule has 9 heteroatoms. The quantitative estimate of drug-likeness (QED) is 0.617. The summed E-state index contributed by atoms with van der Waals surface area (Å²) in [6.07, 6.45) is 6.43. The Labute approximate surface area is 186 Å². The average molecular weight is 457 g/mol. The van der Waals surface area contributed by atoms with Crippen LogP contribution in [-0.4, -0.2) is 41.3 Å². The standard InChI is InChI=1S/C23H25FN4O3S/c1-17-8-11-28(12-9-17)32(30,31)20-5-3-19(4-6-20)23(29)26-15-18-2-7-22(21(24)14-18)27-13-10-25-16-27/h2-7,10,13-14,16-17H,8-9,11-12,15H2,1H3,(H,26,29). The van der Waals surface area contributed by atoms with Crippen molar-refractivity contribution < 1.29 is 17.6 Å². The Morgan fingerprint density at radius 2 is 1.88 bits per heavy atom. The smallest absolute Gasteiger partial charge is 0.251 e. The number of piperidine rings is 1. The number of carbonyl (C=O) groups excluding carboxylic acids is 1. The van der Waals surface area contributed by atoms with Crippen LogP contribution in [0, 0.1) is 11.7 Å². The fourth-order valence-corrected chi connectivity index (χ4v) is 5.18. The van der Waals surface area contributed by atoms with Crippen molar-refractivity contribution >= 4 is 15.9 Å². The summed E-state index contributed by atoms with van der Waals surface area (Å²) < 4.78 is 43.1. The monoisotopic (exact) mass is 456 g/mol. The van der Waals surface area contributed by atoms with E-state index < -0.39 is 15.8 Å². The topological polar surface area (TPSA) is 84.3 Å². The summed E-state index contributed by atoms with van der Waals surface area (Å²) in [4.78, 5) is 16.6. The summed E-state index contributed by atoms with van der Waals surface area (Å²) in [6.45, 7) is 3.30. The predicted octanol–water partition coefficient (Wildman–Crippen LogP) is 3.36. The SMILES string of the molecule is CC1CCN(S(=O)(=O)c2ccc(C(=O)NCc3ccc(-n4ccnc4)c(F)c3)cc2)CC1. The highest BCUT2D eigenvalue weighted by Crippen LogP contribution is 2.23. The van der Waals surface area contributed by atoms with E-state index in [1.54, 1.807) is 29.1 Å². The van der Waals surface area contributed by atoms with E-state index >= 15 is 0 Å². The van der Waals surface area contributed by atoms with Crippen LogP contribution in [0.2, 0.25) is 0 Å². The number of imidazole rings is 1. The first kappa shape index (κ1) is 22.2. The van der Waals surface area contributed by atoms with E-state index in [1.165, 1.54) is 41.0 Å². The third kappa shape index (κ3) is 4.73. The van der Waals surface area contributed by atoms with Crippen LogP contribution in [-0.2, 0) is 16.6 Å². The third-order valence-corrected chi connectivity index (χ3v) is 7.66. The number of benzene rings is 2. The molecule has 1 amide bonds.